The molecule has 2 aromatic carbocycles. The quantitative estimate of drug-likeness (QED) is 0.719. The molecule has 1 saturated heterocycles. The number of nitrogens with one attached hydrogen (secondary N) is 1. The average molecular weight is 393 g/mol. The van der Waals surface area contributed by atoms with Gasteiger partial charge in [0.2, 0.25) is 0 Å². The summed E-state index contributed by atoms with van der Waals surface area (Å²) in [5.74, 6) is 0. The Morgan fingerprint density at radius 2 is 2.00 bits per heavy atom. The highest BCUT2D eigenvalue weighted by Crippen LogP contribution is 2.25. The van der Waals surface area contributed by atoms with Crippen LogP contribution in [0.5, 0.6) is 0 Å². The molecule has 7 nitrogen and oxygen atoms in total. The fourth-order valence-corrected chi connectivity index (χ4v) is 3.65. The van der Waals surface area contributed by atoms with Crippen LogP contribution >= 0.6 is 0 Å². The third-order valence-corrected chi connectivity index (χ3v) is 5.32. The first kappa shape index (κ1) is 19.3. The van der Waals surface area contributed by atoms with E-state index < -0.39 is 0 Å². The second-order valence-corrected chi connectivity index (χ2v) is 7.35. The minimum atomic E-state index is -0.351. The Morgan fingerprint density at radius 1 is 1.17 bits per heavy atom. The number of nitrogens with zero attached hydrogens (tertiary/aromatic N) is 4. The molecular formula is C22H27N5O2. The summed E-state index contributed by atoms with van der Waals surface area (Å²) in [6.45, 7) is 6.74. The SMILES string of the molecule is CCOC(=O)N(Cc1cccc(N2CCN(C)CC2)c1)c1ccc2nc[nH]c2c1. The number of imidazole rings is 1. The van der Waals surface area contributed by atoms with Gasteiger partial charge in [0.05, 0.1) is 30.5 Å². The zero-order chi connectivity index (χ0) is 20.2. The van der Waals surface area contributed by atoms with Crippen molar-refractivity contribution in [3.63, 3.8) is 0 Å². The van der Waals surface area contributed by atoms with Gasteiger partial charge in [-0.15, -0.1) is 0 Å². The molecule has 2 heterocycles. The first-order chi connectivity index (χ1) is 14.1. The molecular weight excluding hydrogens is 366 g/mol. The van der Waals surface area contributed by atoms with Gasteiger partial charge in [0.15, 0.2) is 0 Å². The third-order valence-electron chi connectivity index (χ3n) is 5.32. The highest BCUT2D eigenvalue weighted by Gasteiger charge is 2.20. The normalized spacial score (nSPS) is 14.9. The molecule has 0 atom stereocenters. The number of piperazine rings is 1. The number of H-pyrrole nitrogens is 1. The van der Waals surface area contributed by atoms with Crippen LogP contribution in [-0.4, -0.2) is 60.8 Å². The summed E-state index contributed by atoms with van der Waals surface area (Å²) in [6.07, 6.45) is 1.30. The molecule has 1 fully saturated rings. The van der Waals surface area contributed by atoms with Gasteiger partial charge in [0.25, 0.3) is 0 Å². The number of aromatic nitrogens is 2. The van der Waals surface area contributed by atoms with Gasteiger partial charge in [-0.1, -0.05) is 12.1 Å². The van der Waals surface area contributed by atoms with E-state index in [1.54, 1.807) is 11.2 Å². The number of anilines is 2. The van der Waals surface area contributed by atoms with Crippen LogP contribution in [0.15, 0.2) is 48.8 Å². The lowest BCUT2D eigenvalue weighted by atomic mass is 10.1. The lowest BCUT2D eigenvalue weighted by Gasteiger charge is -2.34. The number of amides is 1. The zero-order valence-electron chi connectivity index (χ0n) is 17.0. The minimum absolute atomic E-state index is 0.336. The second kappa shape index (κ2) is 8.53. The van der Waals surface area contributed by atoms with Gasteiger partial charge < -0.3 is 19.5 Å². The monoisotopic (exact) mass is 393 g/mol. The lowest BCUT2D eigenvalue weighted by Crippen LogP contribution is -2.44. The van der Waals surface area contributed by atoms with Crippen LogP contribution in [0.3, 0.4) is 0 Å². The molecule has 29 heavy (non-hydrogen) atoms. The molecule has 4 rings (SSSR count). The molecule has 1 N–H and O–H groups in total. The molecule has 0 aliphatic carbocycles. The summed E-state index contributed by atoms with van der Waals surface area (Å²) in [4.78, 5) is 26.5. The lowest BCUT2D eigenvalue weighted by molar-refractivity contribution is 0.159. The summed E-state index contributed by atoms with van der Waals surface area (Å²) >= 11 is 0. The van der Waals surface area contributed by atoms with Gasteiger partial charge in [0, 0.05) is 37.6 Å². The van der Waals surface area contributed by atoms with E-state index >= 15 is 0 Å². The highest BCUT2D eigenvalue weighted by atomic mass is 16.6. The van der Waals surface area contributed by atoms with E-state index in [0.29, 0.717) is 13.2 Å². The standard InChI is InChI=1S/C22H27N5O2/c1-3-29-22(28)27(19-7-8-20-21(14-19)24-16-23-20)15-17-5-4-6-18(13-17)26-11-9-25(2)10-12-26/h4-8,13-14,16H,3,9-12,15H2,1-2H3,(H,23,24). The van der Waals surface area contributed by atoms with E-state index in [1.807, 2.05) is 25.1 Å². The van der Waals surface area contributed by atoms with Crippen molar-refractivity contribution in [2.75, 3.05) is 49.6 Å². The number of ether oxygens (including phenoxy) is 1. The van der Waals surface area contributed by atoms with Crippen LogP contribution in [0.2, 0.25) is 0 Å². The molecule has 0 saturated carbocycles. The van der Waals surface area contributed by atoms with Crippen LogP contribution < -0.4 is 9.80 Å². The van der Waals surface area contributed by atoms with Crippen molar-refractivity contribution < 1.29 is 9.53 Å². The number of aromatic amines is 1. The molecule has 1 amide bonds. The maximum atomic E-state index is 12.7. The Balaban J connectivity index is 1.59. The zero-order valence-corrected chi connectivity index (χ0v) is 17.0. The number of hydrogen-bond acceptors (Lipinski definition) is 5. The minimum Gasteiger partial charge on any atom is -0.449 e. The summed E-state index contributed by atoms with van der Waals surface area (Å²) in [5, 5.41) is 0. The molecule has 0 spiro atoms. The smallest absolute Gasteiger partial charge is 0.414 e. The van der Waals surface area contributed by atoms with Crippen molar-refractivity contribution in [3.05, 3.63) is 54.4 Å². The second-order valence-electron chi connectivity index (χ2n) is 7.35. The topological polar surface area (TPSA) is 64.7 Å². The van der Waals surface area contributed by atoms with Gasteiger partial charge in [-0.25, -0.2) is 9.78 Å². The molecule has 1 aromatic heterocycles. The van der Waals surface area contributed by atoms with Gasteiger partial charge in [-0.3, -0.25) is 4.90 Å². The van der Waals surface area contributed by atoms with Crippen molar-refractivity contribution in [3.8, 4) is 0 Å². The maximum absolute atomic E-state index is 12.7. The predicted octanol–water partition coefficient (Wildman–Crippen LogP) is 3.48. The molecule has 0 bridgehead atoms. The number of carbonyl (C=O) groups is 1. The van der Waals surface area contributed by atoms with E-state index in [-0.39, 0.29) is 6.09 Å². The van der Waals surface area contributed by atoms with Crippen molar-refractivity contribution >= 4 is 28.5 Å². The number of benzene rings is 2. The number of likely N-dealkylation sites (N-methyl/N-ethyl adjacent to an activating group) is 1. The molecule has 0 radical (unpaired) electrons. The molecule has 0 unspecified atom stereocenters. The molecule has 3 aromatic rings. The van der Waals surface area contributed by atoms with E-state index in [0.717, 1.165) is 48.5 Å². The fourth-order valence-electron chi connectivity index (χ4n) is 3.65. The molecule has 1 aliphatic rings. The van der Waals surface area contributed by atoms with Crippen LogP contribution in [0.1, 0.15) is 12.5 Å². The average Bonchev–Trinajstić information content (AvgIpc) is 3.21. The number of rotatable bonds is 5. The summed E-state index contributed by atoms with van der Waals surface area (Å²) < 4.78 is 5.33. The Bertz CT molecular complexity index is 978. The summed E-state index contributed by atoms with van der Waals surface area (Å²) in [7, 11) is 2.15. The van der Waals surface area contributed by atoms with Crippen LogP contribution in [0, 0.1) is 0 Å². The third kappa shape index (κ3) is 4.35. The van der Waals surface area contributed by atoms with Crippen molar-refractivity contribution in [1.82, 2.24) is 14.9 Å². The predicted molar refractivity (Wildman–Crippen MR) is 115 cm³/mol. The van der Waals surface area contributed by atoms with Gasteiger partial charge in [0.1, 0.15) is 0 Å². The Morgan fingerprint density at radius 3 is 2.79 bits per heavy atom. The molecule has 7 heteroatoms. The van der Waals surface area contributed by atoms with Crippen LogP contribution in [0.25, 0.3) is 11.0 Å². The molecule has 152 valence electrons. The van der Waals surface area contributed by atoms with Gasteiger partial charge in [-0.05, 0) is 49.9 Å². The Hall–Kier alpha value is -3.06. The maximum Gasteiger partial charge on any atom is 0.414 e. The highest BCUT2D eigenvalue weighted by molar-refractivity contribution is 5.90. The Kier molecular flexibility index (Phi) is 5.67. The van der Waals surface area contributed by atoms with Crippen molar-refractivity contribution in [2.45, 2.75) is 13.5 Å². The summed E-state index contributed by atoms with van der Waals surface area (Å²) in [6, 6.07) is 14.2. The van der Waals surface area contributed by atoms with Crippen molar-refractivity contribution in [1.29, 1.82) is 0 Å². The van der Waals surface area contributed by atoms with Crippen LogP contribution in [-0.2, 0) is 11.3 Å². The largest absolute Gasteiger partial charge is 0.449 e. The van der Waals surface area contributed by atoms with Crippen molar-refractivity contribution in [2.24, 2.45) is 0 Å². The molecule has 1 aliphatic heterocycles. The van der Waals surface area contributed by atoms with E-state index in [4.69, 9.17) is 4.74 Å². The van der Waals surface area contributed by atoms with E-state index in [9.17, 15) is 4.79 Å². The van der Waals surface area contributed by atoms with Gasteiger partial charge >= 0.3 is 6.09 Å². The Labute approximate surface area is 170 Å². The number of carbonyl (C=O) groups excluding carboxylic acids is 1. The fraction of sp³-hybridized carbons (Fsp3) is 0.364. The van der Waals surface area contributed by atoms with E-state index in [2.05, 4.69) is 51.1 Å². The first-order valence-corrected chi connectivity index (χ1v) is 10.0. The van der Waals surface area contributed by atoms with E-state index in [1.165, 1.54) is 5.69 Å². The van der Waals surface area contributed by atoms with Crippen LogP contribution in [0.4, 0.5) is 16.2 Å². The number of fused-ring (bicyclic) bond motifs is 1. The number of hydrogen-bond donors (Lipinski definition) is 1. The summed E-state index contributed by atoms with van der Waals surface area (Å²) in [5.41, 5.74) is 4.81. The van der Waals surface area contributed by atoms with Gasteiger partial charge in [-0.2, -0.15) is 0 Å². The first-order valence-electron chi connectivity index (χ1n) is 10.0.